The minimum atomic E-state index is -1.66. The predicted molar refractivity (Wildman–Crippen MR) is 73.0 cm³/mol. The van der Waals surface area contributed by atoms with E-state index in [2.05, 4.69) is 0 Å². The Balaban J connectivity index is 2.73. The van der Waals surface area contributed by atoms with E-state index >= 15 is 0 Å². The first-order valence-electron chi connectivity index (χ1n) is 5.92. The predicted octanol–water partition coefficient (Wildman–Crippen LogP) is 3.14. The molecule has 0 spiro atoms. The van der Waals surface area contributed by atoms with Crippen LogP contribution in [-0.4, -0.2) is 9.85 Å². The van der Waals surface area contributed by atoms with Crippen molar-refractivity contribution < 1.29 is 9.85 Å². The number of hydrogen-bond acceptors (Lipinski definition) is 4. The third-order valence-electron chi connectivity index (χ3n) is 3.33. The van der Waals surface area contributed by atoms with Gasteiger partial charge in [0.2, 0.25) is 0 Å². The van der Waals surface area contributed by atoms with Gasteiger partial charge in [0, 0.05) is 23.5 Å². The standard InChI is InChI=1S/C14H12N2O4/c1-14(16(19)20,11-7-3-2-4-8-11)12-9-5-6-10-13(12)15(17)18/h2-10H,1H3. The summed E-state index contributed by atoms with van der Waals surface area (Å²) in [6.45, 7) is 1.38. The van der Waals surface area contributed by atoms with E-state index in [0.717, 1.165) is 0 Å². The molecule has 0 aromatic heterocycles. The molecule has 0 heterocycles. The van der Waals surface area contributed by atoms with E-state index in [0.29, 0.717) is 5.56 Å². The van der Waals surface area contributed by atoms with Crippen LogP contribution < -0.4 is 0 Å². The SMILES string of the molecule is CC(c1ccccc1)(c1ccccc1[N+](=O)[O-])[N+](=O)[O-]. The smallest absolute Gasteiger partial charge is 0.263 e. The number of nitro benzene ring substituents is 1. The molecule has 2 rings (SSSR count). The highest BCUT2D eigenvalue weighted by atomic mass is 16.6. The van der Waals surface area contributed by atoms with Gasteiger partial charge in [-0.1, -0.05) is 42.5 Å². The number of benzene rings is 2. The minimum Gasteiger partial charge on any atom is -0.263 e. The zero-order chi connectivity index (χ0) is 14.8. The van der Waals surface area contributed by atoms with Crippen molar-refractivity contribution in [2.24, 2.45) is 0 Å². The lowest BCUT2D eigenvalue weighted by Gasteiger charge is -2.21. The van der Waals surface area contributed by atoms with E-state index in [4.69, 9.17) is 0 Å². The third-order valence-corrected chi connectivity index (χ3v) is 3.33. The first-order chi connectivity index (χ1) is 9.48. The molecule has 0 aliphatic rings. The molecule has 0 radical (unpaired) electrons. The lowest BCUT2D eigenvalue weighted by Crippen LogP contribution is -2.33. The van der Waals surface area contributed by atoms with Crippen molar-refractivity contribution in [2.75, 3.05) is 0 Å². The summed E-state index contributed by atoms with van der Waals surface area (Å²) in [4.78, 5) is 21.6. The fourth-order valence-corrected chi connectivity index (χ4v) is 2.17. The normalized spacial score (nSPS) is 13.4. The van der Waals surface area contributed by atoms with E-state index < -0.39 is 15.4 Å². The Hall–Kier alpha value is -2.76. The van der Waals surface area contributed by atoms with Gasteiger partial charge in [-0.2, -0.15) is 0 Å². The van der Waals surface area contributed by atoms with E-state index in [1.807, 2.05) is 0 Å². The molecule has 102 valence electrons. The van der Waals surface area contributed by atoms with Crippen LogP contribution in [0.2, 0.25) is 0 Å². The van der Waals surface area contributed by atoms with Crippen LogP contribution in [0.25, 0.3) is 0 Å². The molecule has 0 fully saturated rings. The Labute approximate surface area is 115 Å². The first kappa shape index (κ1) is 13.7. The van der Waals surface area contributed by atoms with Crippen molar-refractivity contribution in [1.82, 2.24) is 0 Å². The van der Waals surface area contributed by atoms with Crippen molar-refractivity contribution in [3.05, 3.63) is 86.0 Å². The zero-order valence-electron chi connectivity index (χ0n) is 10.7. The summed E-state index contributed by atoms with van der Waals surface area (Å²) in [5.74, 6) is 0. The Kier molecular flexibility index (Phi) is 3.47. The van der Waals surface area contributed by atoms with Gasteiger partial charge >= 0.3 is 0 Å². The number of rotatable bonds is 4. The molecule has 1 unspecified atom stereocenters. The fraction of sp³-hybridized carbons (Fsp3) is 0.143. The molecule has 0 bridgehead atoms. The fourth-order valence-electron chi connectivity index (χ4n) is 2.17. The van der Waals surface area contributed by atoms with Gasteiger partial charge in [-0.15, -0.1) is 0 Å². The van der Waals surface area contributed by atoms with Gasteiger partial charge in [-0.05, 0) is 6.07 Å². The van der Waals surface area contributed by atoms with Crippen LogP contribution in [-0.2, 0) is 5.54 Å². The summed E-state index contributed by atoms with van der Waals surface area (Å²) in [5, 5.41) is 22.7. The molecule has 0 saturated heterocycles. The Morgan fingerprint density at radius 3 is 2.00 bits per heavy atom. The molecule has 0 N–H and O–H groups in total. The zero-order valence-corrected chi connectivity index (χ0v) is 10.7. The van der Waals surface area contributed by atoms with Crippen molar-refractivity contribution >= 4 is 5.69 Å². The molecule has 0 aliphatic heterocycles. The van der Waals surface area contributed by atoms with Crippen LogP contribution in [0.3, 0.4) is 0 Å². The lowest BCUT2D eigenvalue weighted by atomic mass is 9.84. The Morgan fingerprint density at radius 1 is 0.900 bits per heavy atom. The molecule has 2 aromatic carbocycles. The quantitative estimate of drug-likeness (QED) is 0.632. The number of nitrogens with zero attached hydrogens (tertiary/aromatic N) is 2. The third kappa shape index (κ3) is 2.11. The summed E-state index contributed by atoms with van der Waals surface area (Å²) >= 11 is 0. The minimum absolute atomic E-state index is 0.0706. The highest BCUT2D eigenvalue weighted by Gasteiger charge is 2.45. The second kappa shape index (κ2) is 5.08. The summed E-state index contributed by atoms with van der Waals surface area (Å²) in [6.07, 6.45) is 0. The topological polar surface area (TPSA) is 86.3 Å². The Morgan fingerprint density at radius 2 is 1.45 bits per heavy atom. The van der Waals surface area contributed by atoms with Gasteiger partial charge < -0.3 is 0 Å². The molecule has 2 aromatic rings. The van der Waals surface area contributed by atoms with Crippen molar-refractivity contribution in [1.29, 1.82) is 0 Å². The number of nitro groups is 2. The number of para-hydroxylation sites is 1. The highest BCUT2D eigenvalue weighted by Crippen LogP contribution is 2.37. The molecule has 6 heteroatoms. The van der Waals surface area contributed by atoms with Gasteiger partial charge in [0.25, 0.3) is 11.2 Å². The molecule has 0 saturated carbocycles. The van der Waals surface area contributed by atoms with Gasteiger partial charge in [-0.3, -0.25) is 20.2 Å². The van der Waals surface area contributed by atoms with Crippen LogP contribution in [0.15, 0.2) is 54.6 Å². The van der Waals surface area contributed by atoms with Gasteiger partial charge in [0.1, 0.15) is 5.56 Å². The maximum Gasteiger partial charge on any atom is 0.280 e. The van der Waals surface area contributed by atoms with Crippen molar-refractivity contribution in [3.63, 3.8) is 0 Å². The first-order valence-corrected chi connectivity index (χ1v) is 5.92. The second-order valence-corrected chi connectivity index (χ2v) is 4.47. The average Bonchev–Trinajstić information content (AvgIpc) is 2.47. The highest BCUT2D eigenvalue weighted by molar-refractivity contribution is 5.48. The van der Waals surface area contributed by atoms with Crippen LogP contribution in [0.4, 0.5) is 5.69 Å². The molecule has 0 amide bonds. The molecular formula is C14H12N2O4. The summed E-state index contributed by atoms with van der Waals surface area (Å²) in [6, 6.07) is 14.0. The van der Waals surface area contributed by atoms with E-state index in [9.17, 15) is 20.2 Å². The molecule has 6 nitrogen and oxygen atoms in total. The summed E-state index contributed by atoms with van der Waals surface area (Å²) < 4.78 is 0. The van der Waals surface area contributed by atoms with Crippen molar-refractivity contribution in [3.8, 4) is 0 Å². The molecule has 0 aliphatic carbocycles. The van der Waals surface area contributed by atoms with E-state index in [1.54, 1.807) is 36.4 Å². The van der Waals surface area contributed by atoms with Crippen LogP contribution in [0.1, 0.15) is 18.1 Å². The summed E-state index contributed by atoms with van der Waals surface area (Å²) in [7, 11) is 0. The lowest BCUT2D eigenvalue weighted by molar-refractivity contribution is -0.562. The van der Waals surface area contributed by atoms with Crippen LogP contribution in [0, 0.1) is 20.2 Å². The van der Waals surface area contributed by atoms with Crippen LogP contribution >= 0.6 is 0 Å². The van der Waals surface area contributed by atoms with Crippen molar-refractivity contribution in [2.45, 2.75) is 12.5 Å². The maximum absolute atomic E-state index is 11.6. The van der Waals surface area contributed by atoms with Crippen LogP contribution in [0.5, 0.6) is 0 Å². The largest absolute Gasteiger partial charge is 0.280 e. The summed E-state index contributed by atoms with van der Waals surface area (Å²) in [5.41, 5.74) is -1.44. The van der Waals surface area contributed by atoms with E-state index in [-0.39, 0.29) is 11.3 Å². The average molecular weight is 272 g/mol. The maximum atomic E-state index is 11.6. The molecular weight excluding hydrogens is 260 g/mol. The number of hydrogen-bond donors (Lipinski definition) is 0. The van der Waals surface area contributed by atoms with Gasteiger partial charge in [0.05, 0.1) is 4.92 Å². The monoisotopic (exact) mass is 272 g/mol. The molecule has 20 heavy (non-hydrogen) atoms. The second-order valence-electron chi connectivity index (χ2n) is 4.47. The van der Waals surface area contributed by atoms with Gasteiger partial charge in [0.15, 0.2) is 0 Å². The van der Waals surface area contributed by atoms with Gasteiger partial charge in [-0.25, -0.2) is 0 Å². The van der Waals surface area contributed by atoms with E-state index in [1.165, 1.54) is 25.1 Å². The molecule has 1 atom stereocenters. The Bertz CT molecular complexity index is 657.